The van der Waals surface area contributed by atoms with Crippen LogP contribution in [0.25, 0.3) is 0 Å². The summed E-state index contributed by atoms with van der Waals surface area (Å²) in [4.78, 5) is 10.8. The lowest BCUT2D eigenvalue weighted by molar-refractivity contribution is 0.112. The van der Waals surface area contributed by atoms with Crippen LogP contribution in [0.4, 0.5) is 0 Å². The Balaban J connectivity index is 2.96. The first-order valence-electron chi connectivity index (χ1n) is 8.88. The van der Waals surface area contributed by atoms with Crippen molar-refractivity contribution in [2.75, 3.05) is 0 Å². The van der Waals surface area contributed by atoms with Gasteiger partial charge in [-0.05, 0) is 76.0 Å². The summed E-state index contributed by atoms with van der Waals surface area (Å²) in [6.07, 6.45) is 0.841. The molecule has 0 heterocycles. The Labute approximate surface area is 156 Å². The fourth-order valence-electron chi connectivity index (χ4n) is 3.30. The Bertz CT molecular complexity index is 563. The van der Waals surface area contributed by atoms with Gasteiger partial charge in [-0.15, -0.1) is 0 Å². The van der Waals surface area contributed by atoms with Crippen molar-refractivity contribution in [3.8, 4) is 5.75 Å². The summed E-state index contributed by atoms with van der Waals surface area (Å²) in [5.74, 6) is 1.10. The summed E-state index contributed by atoms with van der Waals surface area (Å²) >= 11 is 0. The van der Waals surface area contributed by atoms with E-state index in [9.17, 15) is 4.79 Å². The van der Waals surface area contributed by atoms with Gasteiger partial charge in [-0.3, -0.25) is 4.79 Å². The van der Waals surface area contributed by atoms with Crippen LogP contribution >= 0.6 is 0 Å². The SMILES string of the molecule is CC(C)C(Oc1ccc(C=O)cc1)[Si](C)(C)O[Si](C)(C)O[Si](C)(C)C. The van der Waals surface area contributed by atoms with Crippen LogP contribution in [0.5, 0.6) is 5.75 Å². The zero-order chi connectivity index (χ0) is 19.5. The number of aldehydes is 1. The fraction of sp³-hybridized carbons (Fsp3) is 0.611. The molecule has 7 heteroatoms. The molecule has 1 aromatic carbocycles. The van der Waals surface area contributed by atoms with E-state index in [1.54, 1.807) is 12.1 Å². The highest BCUT2D eigenvalue weighted by molar-refractivity contribution is 6.87. The van der Waals surface area contributed by atoms with E-state index in [1.165, 1.54) is 0 Å². The topological polar surface area (TPSA) is 44.8 Å². The molecular weight excluding hydrogens is 364 g/mol. The molecule has 0 radical (unpaired) electrons. The Hall–Kier alpha value is -0.739. The summed E-state index contributed by atoms with van der Waals surface area (Å²) < 4.78 is 19.3. The van der Waals surface area contributed by atoms with Crippen LogP contribution < -0.4 is 4.74 Å². The van der Waals surface area contributed by atoms with Gasteiger partial charge in [0.05, 0.1) is 0 Å². The van der Waals surface area contributed by atoms with E-state index in [4.69, 9.17) is 13.0 Å². The molecule has 1 atom stereocenters. The van der Waals surface area contributed by atoms with E-state index in [0.29, 0.717) is 11.5 Å². The minimum atomic E-state index is -2.22. The van der Waals surface area contributed by atoms with Gasteiger partial charge in [-0.2, -0.15) is 0 Å². The van der Waals surface area contributed by atoms with Gasteiger partial charge in [-0.1, -0.05) is 13.8 Å². The van der Waals surface area contributed by atoms with Gasteiger partial charge in [0, 0.05) is 5.56 Å². The lowest BCUT2D eigenvalue weighted by Crippen LogP contribution is -2.59. The van der Waals surface area contributed by atoms with Crippen molar-refractivity contribution in [1.29, 1.82) is 0 Å². The van der Waals surface area contributed by atoms with Crippen LogP contribution in [0.1, 0.15) is 24.2 Å². The van der Waals surface area contributed by atoms with Crippen LogP contribution in [-0.4, -0.2) is 37.2 Å². The minimum absolute atomic E-state index is 0.00610. The maximum atomic E-state index is 10.8. The van der Waals surface area contributed by atoms with Gasteiger partial charge in [0.2, 0.25) is 8.32 Å². The third kappa shape index (κ3) is 7.57. The first-order chi connectivity index (χ1) is 11.3. The highest BCUT2D eigenvalue weighted by atomic mass is 28.5. The zero-order valence-corrected chi connectivity index (χ0v) is 20.2. The summed E-state index contributed by atoms with van der Waals surface area (Å²) in [6, 6.07) is 7.26. The number of rotatable bonds is 9. The van der Waals surface area contributed by atoms with Gasteiger partial charge in [-0.25, -0.2) is 0 Å². The maximum Gasteiger partial charge on any atom is 0.311 e. The van der Waals surface area contributed by atoms with E-state index >= 15 is 0 Å². The van der Waals surface area contributed by atoms with E-state index in [1.807, 2.05) is 12.1 Å². The third-order valence-corrected chi connectivity index (χ3v) is 14.3. The van der Waals surface area contributed by atoms with Crippen LogP contribution in [0.3, 0.4) is 0 Å². The average molecular weight is 399 g/mol. The van der Waals surface area contributed by atoms with Gasteiger partial charge in [0.25, 0.3) is 0 Å². The van der Waals surface area contributed by atoms with Crippen molar-refractivity contribution in [2.24, 2.45) is 5.92 Å². The maximum absolute atomic E-state index is 10.8. The van der Waals surface area contributed by atoms with Crippen LogP contribution in [0.2, 0.25) is 45.8 Å². The summed E-state index contributed by atoms with van der Waals surface area (Å²) in [5, 5.41) is 0. The van der Waals surface area contributed by atoms with Gasteiger partial charge < -0.3 is 13.0 Å². The minimum Gasteiger partial charge on any atom is -0.491 e. The second kappa shape index (κ2) is 8.30. The number of carbonyl (C=O) groups is 1. The largest absolute Gasteiger partial charge is 0.491 e. The quantitative estimate of drug-likeness (QED) is 0.423. The number of carbonyl (C=O) groups excluding carboxylic acids is 1. The molecule has 0 amide bonds. The lowest BCUT2D eigenvalue weighted by Gasteiger charge is -2.42. The van der Waals surface area contributed by atoms with Crippen molar-refractivity contribution < 1.29 is 17.8 Å². The molecule has 0 saturated carbocycles. The lowest BCUT2D eigenvalue weighted by atomic mass is 10.2. The molecule has 0 N–H and O–H groups in total. The fourth-order valence-corrected chi connectivity index (χ4v) is 17.3. The number of ether oxygens (including phenoxy) is 1. The van der Waals surface area contributed by atoms with Crippen molar-refractivity contribution >= 4 is 31.5 Å². The Morgan fingerprint density at radius 3 is 1.80 bits per heavy atom. The molecule has 0 aliphatic carbocycles. The van der Waals surface area contributed by atoms with Crippen molar-refractivity contribution in [3.63, 3.8) is 0 Å². The molecule has 1 unspecified atom stereocenters. The number of hydrogen-bond donors (Lipinski definition) is 0. The molecule has 0 saturated heterocycles. The molecule has 1 rings (SSSR count). The second-order valence-corrected chi connectivity index (χ2v) is 21.2. The highest BCUT2D eigenvalue weighted by Gasteiger charge is 2.44. The molecule has 4 nitrogen and oxygen atoms in total. The smallest absolute Gasteiger partial charge is 0.311 e. The zero-order valence-electron chi connectivity index (χ0n) is 17.2. The van der Waals surface area contributed by atoms with Gasteiger partial charge in [0.1, 0.15) is 17.8 Å². The van der Waals surface area contributed by atoms with Gasteiger partial charge in [0.15, 0.2) is 8.32 Å². The molecule has 25 heavy (non-hydrogen) atoms. The highest BCUT2D eigenvalue weighted by Crippen LogP contribution is 2.28. The monoisotopic (exact) mass is 398 g/mol. The summed E-state index contributed by atoms with van der Waals surface area (Å²) in [5.41, 5.74) is 0.657. The Kier molecular flexibility index (Phi) is 7.41. The van der Waals surface area contributed by atoms with E-state index in [0.717, 1.165) is 12.0 Å². The van der Waals surface area contributed by atoms with Gasteiger partial charge >= 0.3 is 8.56 Å². The second-order valence-electron chi connectivity index (χ2n) is 8.79. The Morgan fingerprint density at radius 1 is 0.880 bits per heavy atom. The van der Waals surface area contributed by atoms with E-state index in [-0.39, 0.29) is 5.73 Å². The molecule has 0 aliphatic rings. The molecule has 1 aromatic rings. The molecule has 0 aromatic heterocycles. The summed E-state index contributed by atoms with van der Waals surface area (Å²) in [7, 11) is -6.04. The molecule has 0 bridgehead atoms. The average Bonchev–Trinajstić information content (AvgIpc) is 2.40. The van der Waals surface area contributed by atoms with Crippen molar-refractivity contribution in [1.82, 2.24) is 0 Å². The van der Waals surface area contributed by atoms with Crippen molar-refractivity contribution in [2.45, 2.75) is 65.4 Å². The molecule has 0 fully saturated rings. The molecular formula is C18H34O4Si3. The van der Waals surface area contributed by atoms with E-state index < -0.39 is 25.2 Å². The molecule has 0 spiro atoms. The Morgan fingerprint density at radius 2 is 1.40 bits per heavy atom. The standard InChI is InChI=1S/C18H34O4Si3/c1-15(2)18(20-17-12-10-16(14-19)11-13-17)24(6,7)22-25(8,9)21-23(3,4)5/h10-15,18H,1-9H3. The first kappa shape index (κ1) is 22.3. The first-order valence-corrected chi connectivity index (χ1v) is 18.1. The van der Waals surface area contributed by atoms with Crippen molar-refractivity contribution in [3.05, 3.63) is 29.8 Å². The summed E-state index contributed by atoms with van der Waals surface area (Å²) in [6.45, 7) is 19.6. The normalized spacial score (nSPS) is 14.5. The van der Waals surface area contributed by atoms with Crippen LogP contribution in [0.15, 0.2) is 24.3 Å². The van der Waals surface area contributed by atoms with Crippen LogP contribution in [0, 0.1) is 5.92 Å². The third-order valence-electron chi connectivity index (χ3n) is 3.63. The molecule has 142 valence electrons. The predicted molar refractivity (Wildman–Crippen MR) is 112 cm³/mol. The number of benzene rings is 1. The number of hydrogen-bond acceptors (Lipinski definition) is 4. The van der Waals surface area contributed by atoms with Crippen LogP contribution in [-0.2, 0) is 8.23 Å². The molecule has 0 aliphatic heterocycles. The van der Waals surface area contributed by atoms with E-state index in [2.05, 4.69) is 59.7 Å². The predicted octanol–water partition coefficient (Wildman–Crippen LogP) is 5.22.